The summed E-state index contributed by atoms with van der Waals surface area (Å²) in [7, 11) is 0. The molecule has 1 N–H and O–H groups in total. The summed E-state index contributed by atoms with van der Waals surface area (Å²) in [5.41, 5.74) is -0.292. The predicted molar refractivity (Wildman–Crippen MR) is 71.3 cm³/mol. The molecule has 1 rings (SSSR count). The highest BCUT2D eigenvalue weighted by Crippen LogP contribution is 2.39. The molecule has 1 aliphatic heterocycles. The van der Waals surface area contributed by atoms with Crippen LogP contribution >= 0.6 is 31.9 Å². The highest BCUT2D eigenvalue weighted by Gasteiger charge is 2.49. The minimum atomic E-state index is -0.951. The molecular formula is C11H18Br2O4. The van der Waals surface area contributed by atoms with Crippen LogP contribution in [0.4, 0.5) is 0 Å². The molecule has 0 spiro atoms. The van der Waals surface area contributed by atoms with E-state index in [0.29, 0.717) is 0 Å². The lowest BCUT2D eigenvalue weighted by Crippen LogP contribution is -2.58. The van der Waals surface area contributed by atoms with Crippen LogP contribution in [0.25, 0.3) is 0 Å². The molecule has 6 heteroatoms. The first-order valence-electron chi connectivity index (χ1n) is 5.39. The van der Waals surface area contributed by atoms with Crippen molar-refractivity contribution >= 4 is 37.6 Å². The Bertz CT molecular complexity index is 300. The molecule has 0 aromatic rings. The van der Waals surface area contributed by atoms with E-state index in [1.165, 1.54) is 0 Å². The fourth-order valence-corrected chi connectivity index (χ4v) is 1.97. The summed E-state index contributed by atoms with van der Waals surface area (Å²) in [6.07, 6.45) is -1.83. The third-order valence-corrected chi connectivity index (χ3v) is 4.17. The van der Waals surface area contributed by atoms with Gasteiger partial charge in [-0.3, -0.25) is 4.79 Å². The SMILES string of the molecule is CC(C)(C)[C@]1(C)OCC(=O)[C@H]([C@H](O)C(Br)Br)O1. The average Bonchev–Trinajstić information content (AvgIpc) is 2.19. The smallest absolute Gasteiger partial charge is 0.190 e. The molecule has 1 saturated heterocycles. The van der Waals surface area contributed by atoms with Gasteiger partial charge in [0, 0.05) is 5.41 Å². The molecule has 0 aliphatic carbocycles. The summed E-state index contributed by atoms with van der Waals surface area (Å²) >= 11 is 6.37. The minimum Gasteiger partial charge on any atom is -0.388 e. The standard InChI is InChI=1S/C11H18Br2O4/c1-10(2,3)11(4)16-5-6(14)8(17-11)7(15)9(12)13/h7-9,15H,5H2,1-4H3/t7-,8+,11+/m0/s1. The van der Waals surface area contributed by atoms with Crippen molar-refractivity contribution in [3.05, 3.63) is 0 Å². The first-order chi connectivity index (χ1) is 7.58. The van der Waals surface area contributed by atoms with E-state index in [0.717, 1.165) is 0 Å². The first-order valence-corrected chi connectivity index (χ1v) is 7.22. The molecule has 1 heterocycles. The number of hydrogen-bond donors (Lipinski definition) is 1. The van der Waals surface area contributed by atoms with Crippen molar-refractivity contribution in [3.8, 4) is 0 Å². The third-order valence-electron chi connectivity index (χ3n) is 3.09. The third kappa shape index (κ3) is 3.29. The number of ketones is 1. The molecule has 17 heavy (non-hydrogen) atoms. The Labute approximate surface area is 118 Å². The van der Waals surface area contributed by atoms with Crippen LogP contribution in [-0.2, 0) is 14.3 Å². The molecule has 100 valence electrons. The van der Waals surface area contributed by atoms with Gasteiger partial charge in [-0.05, 0) is 6.92 Å². The van der Waals surface area contributed by atoms with Crippen LogP contribution in [0.15, 0.2) is 0 Å². The van der Waals surface area contributed by atoms with Gasteiger partial charge in [-0.2, -0.15) is 0 Å². The number of aliphatic hydroxyl groups is 1. The van der Waals surface area contributed by atoms with Crippen molar-refractivity contribution in [2.75, 3.05) is 6.61 Å². The Morgan fingerprint density at radius 3 is 2.41 bits per heavy atom. The maximum absolute atomic E-state index is 11.7. The van der Waals surface area contributed by atoms with Gasteiger partial charge in [0.15, 0.2) is 11.6 Å². The lowest BCUT2D eigenvalue weighted by Gasteiger charge is -2.46. The van der Waals surface area contributed by atoms with Crippen LogP contribution in [0.5, 0.6) is 0 Å². The molecule has 0 aromatic heterocycles. The fraction of sp³-hybridized carbons (Fsp3) is 0.909. The Hall–Kier alpha value is 0.510. The van der Waals surface area contributed by atoms with Crippen molar-refractivity contribution in [2.24, 2.45) is 5.41 Å². The highest BCUT2D eigenvalue weighted by atomic mass is 79.9. The number of halogens is 2. The van der Waals surface area contributed by atoms with E-state index in [2.05, 4.69) is 31.9 Å². The maximum atomic E-state index is 11.7. The number of carbonyl (C=O) groups excluding carboxylic acids is 1. The van der Waals surface area contributed by atoms with Crippen molar-refractivity contribution in [1.82, 2.24) is 0 Å². The number of Topliss-reactive ketones (excluding diaryl/α,β-unsaturated/α-hetero) is 1. The zero-order valence-corrected chi connectivity index (χ0v) is 13.5. The molecule has 0 aromatic carbocycles. The van der Waals surface area contributed by atoms with Crippen LogP contribution in [0.2, 0.25) is 0 Å². The van der Waals surface area contributed by atoms with Gasteiger partial charge in [-0.1, -0.05) is 52.6 Å². The molecule has 0 amide bonds. The Morgan fingerprint density at radius 1 is 1.47 bits per heavy atom. The number of hydrogen-bond acceptors (Lipinski definition) is 4. The molecule has 0 bridgehead atoms. The van der Waals surface area contributed by atoms with Crippen LogP contribution < -0.4 is 0 Å². The normalized spacial score (nSPS) is 32.9. The molecule has 0 radical (unpaired) electrons. The predicted octanol–water partition coefficient (Wildman–Crippen LogP) is 2.21. The van der Waals surface area contributed by atoms with Gasteiger partial charge in [-0.15, -0.1) is 0 Å². The first kappa shape index (κ1) is 15.6. The summed E-state index contributed by atoms with van der Waals surface area (Å²) in [5.74, 6) is -1.13. The van der Waals surface area contributed by atoms with E-state index in [9.17, 15) is 9.90 Å². The number of carbonyl (C=O) groups is 1. The molecule has 1 aliphatic rings. The summed E-state index contributed by atoms with van der Waals surface area (Å²) in [4.78, 5) is 11.7. The van der Waals surface area contributed by atoms with E-state index in [4.69, 9.17) is 9.47 Å². The van der Waals surface area contributed by atoms with Crippen LogP contribution in [-0.4, -0.2) is 39.2 Å². The lowest BCUT2D eigenvalue weighted by atomic mass is 9.85. The molecule has 0 saturated carbocycles. The maximum Gasteiger partial charge on any atom is 0.190 e. The van der Waals surface area contributed by atoms with Gasteiger partial charge in [0.1, 0.15) is 18.8 Å². The second-order valence-corrected chi connectivity index (χ2v) is 8.52. The van der Waals surface area contributed by atoms with Crippen LogP contribution in [0, 0.1) is 5.41 Å². The van der Waals surface area contributed by atoms with Gasteiger partial charge >= 0.3 is 0 Å². The monoisotopic (exact) mass is 372 g/mol. The van der Waals surface area contributed by atoms with Gasteiger partial charge in [0.05, 0.1) is 3.74 Å². The number of alkyl halides is 2. The average molecular weight is 374 g/mol. The Kier molecular flexibility index (Phi) is 4.81. The van der Waals surface area contributed by atoms with Crippen molar-refractivity contribution in [1.29, 1.82) is 0 Å². The Morgan fingerprint density at radius 2 is 2.00 bits per heavy atom. The van der Waals surface area contributed by atoms with Gasteiger partial charge in [0.25, 0.3) is 0 Å². The van der Waals surface area contributed by atoms with E-state index < -0.39 is 21.7 Å². The Balaban J connectivity index is 2.90. The molecule has 0 unspecified atom stereocenters. The molecule has 3 atom stereocenters. The van der Waals surface area contributed by atoms with E-state index in [-0.39, 0.29) is 17.8 Å². The molecule has 1 fully saturated rings. The van der Waals surface area contributed by atoms with Gasteiger partial charge in [-0.25, -0.2) is 0 Å². The van der Waals surface area contributed by atoms with Gasteiger partial charge in [0.2, 0.25) is 0 Å². The topological polar surface area (TPSA) is 55.8 Å². The van der Waals surface area contributed by atoms with Crippen molar-refractivity contribution in [3.63, 3.8) is 0 Å². The zero-order chi connectivity index (χ0) is 13.4. The lowest BCUT2D eigenvalue weighted by molar-refractivity contribution is -0.317. The number of aliphatic hydroxyl groups excluding tert-OH is 1. The molecule has 4 nitrogen and oxygen atoms in total. The van der Waals surface area contributed by atoms with Crippen LogP contribution in [0.1, 0.15) is 27.7 Å². The summed E-state index contributed by atoms with van der Waals surface area (Å²) < 4.78 is 10.8. The number of ether oxygens (including phenoxy) is 2. The molecular weight excluding hydrogens is 356 g/mol. The fourth-order valence-electron chi connectivity index (χ4n) is 1.42. The van der Waals surface area contributed by atoms with E-state index in [1.54, 1.807) is 6.92 Å². The van der Waals surface area contributed by atoms with Crippen LogP contribution in [0.3, 0.4) is 0 Å². The highest BCUT2D eigenvalue weighted by molar-refractivity contribution is 9.24. The minimum absolute atomic E-state index is 0.0395. The largest absolute Gasteiger partial charge is 0.388 e. The summed E-state index contributed by atoms with van der Waals surface area (Å²) in [6, 6.07) is 0. The van der Waals surface area contributed by atoms with Crippen molar-refractivity contribution < 1.29 is 19.4 Å². The number of rotatable bonds is 2. The quantitative estimate of drug-likeness (QED) is 0.754. The van der Waals surface area contributed by atoms with Gasteiger partial charge < -0.3 is 14.6 Å². The van der Waals surface area contributed by atoms with E-state index >= 15 is 0 Å². The second kappa shape index (κ2) is 5.25. The zero-order valence-electron chi connectivity index (χ0n) is 10.4. The van der Waals surface area contributed by atoms with Crippen molar-refractivity contribution in [2.45, 2.75) is 49.4 Å². The summed E-state index contributed by atoms with van der Waals surface area (Å²) in [5, 5.41) is 9.92. The second-order valence-electron chi connectivity index (χ2n) is 5.31. The summed E-state index contributed by atoms with van der Waals surface area (Å²) in [6.45, 7) is 7.64. The van der Waals surface area contributed by atoms with E-state index in [1.807, 2.05) is 20.8 Å².